The summed E-state index contributed by atoms with van der Waals surface area (Å²) in [5.41, 5.74) is 0.997. The first-order chi connectivity index (χ1) is 11.6. The molecule has 0 heterocycles. The van der Waals surface area contributed by atoms with Gasteiger partial charge in [-0.15, -0.1) is 0 Å². The van der Waals surface area contributed by atoms with Crippen LogP contribution in [-0.4, -0.2) is 33.6 Å². The molecular weight excluding hydrogens is 300 g/mol. The fourth-order valence-electron chi connectivity index (χ4n) is 2.37. The van der Waals surface area contributed by atoms with Gasteiger partial charge in [0.25, 0.3) is 0 Å². The first kappa shape index (κ1) is 20.4. The van der Waals surface area contributed by atoms with Crippen LogP contribution in [0.5, 0.6) is 0 Å². The number of rotatable bonds is 10. The molecule has 0 aliphatic rings. The highest BCUT2D eigenvalue weighted by Crippen LogP contribution is 2.11. The third-order valence-corrected chi connectivity index (χ3v) is 3.88. The maximum atomic E-state index is 9.90. The van der Waals surface area contributed by atoms with Crippen LogP contribution in [0.2, 0.25) is 0 Å². The molecule has 0 aliphatic heterocycles. The molecule has 3 nitrogen and oxygen atoms in total. The van der Waals surface area contributed by atoms with E-state index in [2.05, 4.69) is 18.8 Å². The second kappa shape index (κ2) is 12.8. The molecule has 0 spiro atoms. The zero-order valence-corrected chi connectivity index (χ0v) is 14.6. The van der Waals surface area contributed by atoms with Gasteiger partial charge in [-0.3, -0.25) is 0 Å². The van der Waals surface area contributed by atoms with Crippen molar-refractivity contribution in [3.05, 3.63) is 42.0 Å². The number of hydrogen-bond acceptors (Lipinski definition) is 3. The summed E-state index contributed by atoms with van der Waals surface area (Å²) >= 11 is 0. The highest BCUT2D eigenvalue weighted by Gasteiger charge is 2.14. The SMILES string of the molecule is CCCCCCC[C@@H](O)[C@H](O)CC#CC(O)/C=C/c1ccccc1. The average molecular weight is 330 g/mol. The Labute approximate surface area is 146 Å². The van der Waals surface area contributed by atoms with Gasteiger partial charge >= 0.3 is 0 Å². The third kappa shape index (κ3) is 9.52. The number of hydrogen-bond donors (Lipinski definition) is 3. The fraction of sp³-hybridized carbons (Fsp3) is 0.524. The van der Waals surface area contributed by atoms with Crippen molar-refractivity contribution in [2.75, 3.05) is 0 Å². The van der Waals surface area contributed by atoms with E-state index in [-0.39, 0.29) is 6.42 Å². The second-order valence-electron chi connectivity index (χ2n) is 6.08. The number of aliphatic hydroxyl groups excluding tert-OH is 3. The summed E-state index contributed by atoms with van der Waals surface area (Å²) < 4.78 is 0. The van der Waals surface area contributed by atoms with Crippen molar-refractivity contribution in [3.8, 4) is 11.8 Å². The zero-order valence-electron chi connectivity index (χ0n) is 14.6. The molecule has 0 amide bonds. The van der Waals surface area contributed by atoms with E-state index in [0.717, 1.165) is 18.4 Å². The lowest BCUT2D eigenvalue weighted by molar-refractivity contribution is 0.0165. The summed E-state index contributed by atoms with van der Waals surface area (Å²) in [6.45, 7) is 2.17. The summed E-state index contributed by atoms with van der Waals surface area (Å²) in [6.07, 6.45) is 7.34. The minimum atomic E-state index is -0.872. The molecule has 0 saturated heterocycles. The highest BCUT2D eigenvalue weighted by atomic mass is 16.3. The predicted molar refractivity (Wildman–Crippen MR) is 99.3 cm³/mol. The molecule has 132 valence electrons. The Balaban J connectivity index is 2.26. The van der Waals surface area contributed by atoms with Crippen LogP contribution in [0.15, 0.2) is 36.4 Å². The number of benzene rings is 1. The molecule has 0 bridgehead atoms. The van der Waals surface area contributed by atoms with Crippen LogP contribution in [0.3, 0.4) is 0 Å². The van der Waals surface area contributed by atoms with E-state index in [1.54, 1.807) is 12.2 Å². The molecule has 1 aromatic rings. The molecule has 3 atom stereocenters. The highest BCUT2D eigenvalue weighted by molar-refractivity contribution is 5.50. The minimum Gasteiger partial charge on any atom is -0.390 e. The van der Waals surface area contributed by atoms with Gasteiger partial charge in [-0.05, 0) is 18.1 Å². The molecule has 1 unspecified atom stereocenters. The first-order valence-electron chi connectivity index (χ1n) is 8.89. The van der Waals surface area contributed by atoms with E-state index in [9.17, 15) is 15.3 Å². The molecule has 3 heteroatoms. The van der Waals surface area contributed by atoms with Gasteiger partial charge in [0.2, 0.25) is 0 Å². The predicted octanol–water partition coefficient (Wildman–Crippen LogP) is 3.54. The van der Waals surface area contributed by atoms with Crippen molar-refractivity contribution >= 4 is 6.08 Å². The molecule has 0 aliphatic carbocycles. The largest absolute Gasteiger partial charge is 0.390 e. The molecular formula is C21H30O3. The van der Waals surface area contributed by atoms with Crippen LogP contribution in [-0.2, 0) is 0 Å². The summed E-state index contributed by atoms with van der Waals surface area (Å²) in [6, 6.07) is 9.67. The Morgan fingerprint density at radius 1 is 0.958 bits per heavy atom. The molecule has 3 N–H and O–H groups in total. The molecule has 0 aromatic heterocycles. The Morgan fingerprint density at radius 2 is 1.67 bits per heavy atom. The van der Waals surface area contributed by atoms with Gasteiger partial charge in [0, 0.05) is 6.42 Å². The maximum absolute atomic E-state index is 9.90. The van der Waals surface area contributed by atoms with E-state index in [1.807, 2.05) is 30.3 Å². The van der Waals surface area contributed by atoms with E-state index in [1.165, 1.54) is 19.3 Å². The Kier molecular flexibility index (Phi) is 10.9. The van der Waals surface area contributed by atoms with Crippen LogP contribution >= 0.6 is 0 Å². The van der Waals surface area contributed by atoms with Crippen LogP contribution in [0, 0.1) is 11.8 Å². The van der Waals surface area contributed by atoms with Gasteiger partial charge in [-0.2, -0.15) is 0 Å². The van der Waals surface area contributed by atoms with Crippen LogP contribution < -0.4 is 0 Å². The van der Waals surface area contributed by atoms with Crippen molar-refractivity contribution in [3.63, 3.8) is 0 Å². The van der Waals surface area contributed by atoms with Gasteiger partial charge in [0.05, 0.1) is 12.2 Å². The smallest absolute Gasteiger partial charge is 0.133 e. The standard InChI is InChI=1S/C21H30O3/c1-2-3-4-5-9-14-20(23)21(24)15-10-13-19(22)17-16-18-11-7-6-8-12-18/h6-8,11-12,16-17,19-24H,2-5,9,14-15H2,1H3/b17-16+/t19?,20-,21-/m1/s1. The van der Waals surface area contributed by atoms with E-state index < -0.39 is 18.3 Å². The lowest BCUT2D eigenvalue weighted by Crippen LogP contribution is -2.25. The molecule has 1 rings (SSSR count). The lowest BCUT2D eigenvalue weighted by Gasteiger charge is -2.15. The van der Waals surface area contributed by atoms with E-state index >= 15 is 0 Å². The minimum absolute atomic E-state index is 0.173. The Hall–Kier alpha value is -1.60. The topological polar surface area (TPSA) is 60.7 Å². The van der Waals surface area contributed by atoms with Gasteiger partial charge in [-0.25, -0.2) is 0 Å². The fourth-order valence-corrected chi connectivity index (χ4v) is 2.37. The molecule has 0 fully saturated rings. The molecule has 0 radical (unpaired) electrons. The molecule has 24 heavy (non-hydrogen) atoms. The monoisotopic (exact) mass is 330 g/mol. The average Bonchev–Trinajstić information content (AvgIpc) is 2.60. The number of unbranched alkanes of at least 4 members (excludes halogenated alkanes) is 4. The van der Waals surface area contributed by atoms with E-state index in [0.29, 0.717) is 6.42 Å². The van der Waals surface area contributed by atoms with Crippen LogP contribution in [0.1, 0.15) is 57.4 Å². The summed E-state index contributed by atoms with van der Waals surface area (Å²) in [7, 11) is 0. The quantitative estimate of drug-likeness (QED) is 0.454. The third-order valence-electron chi connectivity index (χ3n) is 3.88. The Morgan fingerprint density at radius 3 is 2.38 bits per heavy atom. The van der Waals surface area contributed by atoms with Crippen molar-refractivity contribution in [1.82, 2.24) is 0 Å². The zero-order chi connectivity index (χ0) is 17.6. The summed E-state index contributed by atoms with van der Waals surface area (Å²) in [5.74, 6) is 5.42. The summed E-state index contributed by atoms with van der Waals surface area (Å²) in [4.78, 5) is 0. The number of aliphatic hydroxyl groups is 3. The van der Waals surface area contributed by atoms with Gasteiger partial charge < -0.3 is 15.3 Å². The van der Waals surface area contributed by atoms with Crippen molar-refractivity contribution in [2.45, 2.75) is 70.2 Å². The van der Waals surface area contributed by atoms with Crippen molar-refractivity contribution < 1.29 is 15.3 Å². The van der Waals surface area contributed by atoms with Gasteiger partial charge in [0.15, 0.2) is 0 Å². The van der Waals surface area contributed by atoms with Crippen LogP contribution in [0.25, 0.3) is 6.08 Å². The van der Waals surface area contributed by atoms with Gasteiger partial charge in [-0.1, -0.05) is 87.3 Å². The summed E-state index contributed by atoms with van der Waals surface area (Å²) in [5, 5.41) is 29.6. The Bertz CT molecular complexity index is 513. The normalized spacial score (nSPS) is 14.8. The lowest BCUT2D eigenvalue weighted by atomic mass is 10.0. The second-order valence-corrected chi connectivity index (χ2v) is 6.08. The van der Waals surface area contributed by atoms with E-state index in [4.69, 9.17) is 0 Å². The van der Waals surface area contributed by atoms with Gasteiger partial charge in [0.1, 0.15) is 6.10 Å². The van der Waals surface area contributed by atoms with Crippen LogP contribution in [0.4, 0.5) is 0 Å². The molecule has 1 aromatic carbocycles. The van der Waals surface area contributed by atoms with Crippen molar-refractivity contribution in [1.29, 1.82) is 0 Å². The maximum Gasteiger partial charge on any atom is 0.133 e. The molecule has 0 saturated carbocycles. The first-order valence-corrected chi connectivity index (χ1v) is 8.89. The van der Waals surface area contributed by atoms with Crippen molar-refractivity contribution in [2.24, 2.45) is 0 Å².